The number of fused-ring (bicyclic) bond motifs is 1. The van der Waals surface area contributed by atoms with Crippen LogP contribution in [0.2, 0.25) is 0 Å². The molecular weight excluding hydrogens is 382 g/mol. The fraction of sp³-hybridized carbons (Fsp3) is 0.579. The molecular formula is C19H25N3O5S. The summed E-state index contributed by atoms with van der Waals surface area (Å²) >= 11 is 1.07. The minimum Gasteiger partial charge on any atom is -0.469 e. The summed E-state index contributed by atoms with van der Waals surface area (Å²) in [5.74, 6) is 0.615. The summed E-state index contributed by atoms with van der Waals surface area (Å²) < 4.78 is 9.51. The lowest BCUT2D eigenvalue weighted by molar-refractivity contribution is -0.139. The van der Waals surface area contributed by atoms with Crippen molar-refractivity contribution in [3.63, 3.8) is 0 Å². The first-order valence-electron chi connectivity index (χ1n) is 9.24. The summed E-state index contributed by atoms with van der Waals surface area (Å²) in [4.78, 5) is 47.0. The first kappa shape index (κ1) is 20.5. The maximum Gasteiger partial charge on any atom is 0.348 e. The van der Waals surface area contributed by atoms with Crippen LogP contribution in [-0.4, -0.2) is 54.1 Å². The van der Waals surface area contributed by atoms with Gasteiger partial charge in [0.05, 0.1) is 32.6 Å². The monoisotopic (exact) mass is 407 g/mol. The number of hydrogen-bond donors (Lipinski definition) is 1. The van der Waals surface area contributed by atoms with Gasteiger partial charge in [-0.25, -0.2) is 9.78 Å². The minimum absolute atomic E-state index is 0.188. The van der Waals surface area contributed by atoms with Crippen LogP contribution in [-0.2, 0) is 27.2 Å². The molecule has 0 saturated carbocycles. The molecule has 2 aromatic heterocycles. The Hall–Kier alpha value is -2.26. The van der Waals surface area contributed by atoms with Crippen molar-refractivity contribution >= 4 is 33.5 Å². The molecule has 1 aliphatic rings. The van der Waals surface area contributed by atoms with Crippen LogP contribution in [0.15, 0.2) is 4.79 Å². The summed E-state index contributed by atoms with van der Waals surface area (Å²) in [5, 5.41) is 0.250. The van der Waals surface area contributed by atoms with E-state index in [0.717, 1.165) is 24.4 Å². The van der Waals surface area contributed by atoms with Crippen molar-refractivity contribution in [1.29, 1.82) is 0 Å². The Morgan fingerprint density at radius 3 is 2.50 bits per heavy atom. The normalized spacial score (nSPS) is 20.3. The lowest BCUT2D eigenvalue weighted by Crippen LogP contribution is -2.38. The minimum atomic E-state index is -0.596. The molecule has 0 bridgehead atoms. The number of nitrogens with one attached hydrogen (secondary N) is 1. The van der Waals surface area contributed by atoms with Gasteiger partial charge in [0.2, 0.25) is 0 Å². The van der Waals surface area contributed by atoms with Gasteiger partial charge in [-0.3, -0.25) is 14.5 Å². The molecule has 0 aromatic carbocycles. The van der Waals surface area contributed by atoms with Crippen molar-refractivity contribution in [2.75, 3.05) is 27.3 Å². The summed E-state index contributed by atoms with van der Waals surface area (Å²) in [6.45, 7) is 6.90. The molecule has 28 heavy (non-hydrogen) atoms. The van der Waals surface area contributed by atoms with Crippen LogP contribution in [0.4, 0.5) is 0 Å². The molecule has 8 nitrogen and oxygen atoms in total. The Balaban J connectivity index is 1.99. The molecule has 0 radical (unpaired) electrons. The van der Waals surface area contributed by atoms with Gasteiger partial charge in [0, 0.05) is 18.7 Å². The number of ether oxygens (including phenoxy) is 2. The Bertz CT molecular complexity index is 941. The van der Waals surface area contributed by atoms with Gasteiger partial charge >= 0.3 is 11.9 Å². The van der Waals surface area contributed by atoms with E-state index in [2.05, 4.69) is 28.7 Å². The van der Waals surface area contributed by atoms with E-state index in [1.165, 1.54) is 20.6 Å². The number of hydrogen-bond acceptors (Lipinski definition) is 8. The molecule has 0 spiro atoms. The molecule has 1 N–H and O–H groups in total. The van der Waals surface area contributed by atoms with Crippen molar-refractivity contribution in [1.82, 2.24) is 14.9 Å². The van der Waals surface area contributed by atoms with Crippen LogP contribution in [0.25, 0.3) is 10.2 Å². The SMILES string of the molecule is COC(=O)Cc1c(C(=O)OC)sc2nc(CN3C[C@H](C)C[C@H](C)C3)[nH]c(=O)c12. The molecule has 2 aromatic rings. The lowest BCUT2D eigenvalue weighted by Gasteiger charge is -2.34. The number of carbonyl (C=O) groups is 2. The number of rotatable bonds is 5. The maximum absolute atomic E-state index is 12.8. The van der Waals surface area contributed by atoms with E-state index >= 15 is 0 Å². The summed E-state index contributed by atoms with van der Waals surface area (Å²) in [6, 6.07) is 0. The molecule has 9 heteroatoms. The molecule has 1 fully saturated rings. The third-order valence-electron chi connectivity index (χ3n) is 4.95. The summed E-state index contributed by atoms with van der Waals surface area (Å²) in [6.07, 6.45) is 1.01. The van der Waals surface area contributed by atoms with Gasteiger partial charge < -0.3 is 14.5 Å². The number of methoxy groups -OCH3 is 2. The molecule has 152 valence electrons. The number of thiophene rings is 1. The Kier molecular flexibility index (Phi) is 6.14. The zero-order valence-corrected chi connectivity index (χ0v) is 17.4. The van der Waals surface area contributed by atoms with Crippen molar-refractivity contribution in [3.05, 3.63) is 26.6 Å². The average Bonchev–Trinajstić information content (AvgIpc) is 2.98. The van der Waals surface area contributed by atoms with Crippen LogP contribution < -0.4 is 5.56 Å². The second-order valence-electron chi connectivity index (χ2n) is 7.49. The zero-order chi connectivity index (χ0) is 20.4. The zero-order valence-electron chi connectivity index (χ0n) is 16.5. The molecule has 2 atom stereocenters. The van der Waals surface area contributed by atoms with Crippen LogP contribution in [0.1, 0.15) is 41.3 Å². The largest absolute Gasteiger partial charge is 0.469 e. The van der Waals surface area contributed by atoms with Gasteiger partial charge in [-0.05, 0) is 18.3 Å². The molecule has 3 rings (SSSR count). The van der Waals surface area contributed by atoms with E-state index in [9.17, 15) is 14.4 Å². The first-order valence-corrected chi connectivity index (χ1v) is 10.1. The maximum atomic E-state index is 12.8. The number of esters is 2. The van der Waals surface area contributed by atoms with Crippen molar-refractivity contribution < 1.29 is 19.1 Å². The Morgan fingerprint density at radius 2 is 1.89 bits per heavy atom. The van der Waals surface area contributed by atoms with Gasteiger partial charge in [0.1, 0.15) is 15.5 Å². The molecule has 1 saturated heterocycles. The number of piperidine rings is 1. The highest BCUT2D eigenvalue weighted by Crippen LogP contribution is 2.29. The third-order valence-corrected chi connectivity index (χ3v) is 6.05. The fourth-order valence-electron chi connectivity index (χ4n) is 3.96. The van der Waals surface area contributed by atoms with Crippen molar-refractivity contribution in [3.8, 4) is 0 Å². The molecule has 3 heterocycles. The quantitative estimate of drug-likeness (QED) is 0.756. The van der Waals surface area contributed by atoms with Gasteiger partial charge in [-0.1, -0.05) is 13.8 Å². The predicted octanol–water partition coefficient (Wildman–Crippen LogP) is 1.96. The number of aromatic nitrogens is 2. The third kappa shape index (κ3) is 4.25. The van der Waals surface area contributed by atoms with E-state index < -0.39 is 11.9 Å². The molecule has 0 amide bonds. The summed E-state index contributed by atoms with van der Waals surface area (Å²) in [7, 11) is 2.52. The van der Waals surface area contributed by atoms with E-state index in [1.54, 1.807) is 0 Å². The Morgan fingerprint density at radius 1 is 1.21 bits per heavy atom. The number of carbonyl (C=O) groups excluding carboxylic acids is 2. The highest BCUT2D eigenvalue weighted by atomic mass is 32.1. The average molecular weight is 407 g/mol. The van der Waals surface area contributed by atoms with Crippen LogP contribution in [0.3, 0.4) is 0 Å². The second kappa shape index (κ2) is 8.40. The van der Waals surface area contributed by atoms with Gasteiger partial charge in [0.15, 0.2) is 0 Å². The predicted molar refractivity (Wildman–Crippen MR) is 106 cm³/mol. The Labute approximate surface area is 166 Å². The second-order valence-corrected chi connectivity index (χ2v) is 8.49. The van der Waals surface area contributed by atoms with E-state index in [-0.39, 0.29) is 22.2 Å². The fourth-order valence-corrected chi connectivity index (χ4v) is 5.09. The first-order chi connectivity index (χ1) is 13.3. The van der Waals surface area contributed by atoms with Gasteiger partial charge in [0.25, 0.3) is 5.56 Å². The standard InChI is InChI=1S/C19H25N3O5S/c1-10-5-11(2)8-22(7-10)9-13-20-17(24)15-12(6-14(23)26-3)16(19(25)27-4)28-18(15)21-13/h10-11H,5-9H2,1-4H3,(H,20,21,24)/t10-,11+. The van der Waals surface area contributed by atoms with Gasteiger partial charge in [-0.2, -0.15) is 0 Å². The number of H-pyrrole nitrogens is 1. The number of nitrogens with zero attached hydrogens (tertiary/aromatic N) is 2. The van der Waals surface area contributed by atoms with Crippen LogP contribution >= 0.6 is 11.3 Å². The van der Waals surface area contributed by atoms with Gasteiger partial charge in [-0.15, -0.1) is 11.3 Å². The van der Waals surface area contributed by atoms with Crippen LogP contribution in [0.5, 0.6) is 0 Å². The molecule has 0 aliphatic carbocycles. The number of aromatic amines is 1. The van der Waals surface area contributed by atoms with E-state index in [4.69, 9.17) is 9.47 Å². The summed E-state index contributed by atoms with van der Waals surface area (Å²) in [5.41, 5.74) is -0.0531. The highest BCUT2D eigenvalue weighted by Gasteiger charge is 2.26. The smallest absolute Gasteiger partial charge is 0.348 e. The highest BCUT2D eigenvalue weighted by molar-refractivity contribution is 7.20. The lowest BCUT2D eigenvalue weighted by atomic mass is 9.92. The van der Waals surface area contributed by atoms with E-state index in [1.807, 2.05) is 0 Å². The van der Waals surface area contributed by atoms with Crippen molar-refractivity contribution in [2.24, 2.45) is 11.8 Å². The van der Waals surface area contributed by atoms with Crippen molar-refractivity contribution in [2.45, 2.75) is 33.2 Å². The topological polar surface area (TPSA) is 102 Å². The molecule has 1 aliphatic heterocycles. The molecule has 0 unspecified atom stereocenters. The van der Waals surface area contributed by atoms with Crippen LogP contribution in [0, 0.1) is 11.8 Å². The van der Waals surface area contributed by atoms with E-state index in [0.29, 0.717) is 34.6 Å². The number of likely N-dealkylation sites (tertiary alicyclic amines) is 1.